The van der Waals surface area contributed by atoms with Crippen LogP contribution in [0.4, 0.5) is 0 Å². The van der Waals surface area contributed by atoms with Crippen molar-refractivity contribution in [2.45, 2.75) is 147 Å². The van der Waals surface area contributed by atoms with Crippen LogP contribution < -0.4 is 16.6 Å². The molecule has 0 saturated carbocycles. The number of ether oxygens (including phenoxy) is 3. The van der Waals surface area contributed by atoms with Crippen LogP contribution in [0.15, 0.2) is 21.9 Å². The molecule has 2 heterocycles. The minimum absolute atomic E-state index is 0.203. The van der Waals surface area contributed by atoms with Crippen LogP contribution in [-0.4, -0.2) is 76.1 Å². The van der Waals surface area contributed by atoms with Gasteiger partial charge in [-0.25, -0.2) is 4.79 Å². The van der Waals surface area contributed by atoms with Gasteiger partial charge in [0.1, 0.15) is 18.3 Å². The lowest BCUT2D eigenvalue weighted by atomic mass is 10.0. The molecule has 1 fully saturated rings. The van der Waals surface area contributed by atoms with Crippen LogP contribution in [0.25, 0.3) is 0 Å². The number of amides is 1. The molecule has 1 aromatic rings. The van der Waals surface area contributed by atoms with Gasteiger partial charge in [0.05, 0.1) is 6.61 Å². The van der Waals surface area contributed by atoms with Crippen molar-refractivity contribution in [1.82, 2.24) is 14.9 Å². The third kappa shape index (κ3) is 17.3. The highest BCUT2D eigenvalue weighted by Crippen LogP contribution is 2.37. The predicted octanol–water partition coefficient (Wildman–Crippen LogP) is 4.28. The van der Waals surface area contributed by atoms with Crippen molar-refractivity contribution in [1.29, 1.82) is 0 Å². The standard InChI is InChI=1S/C33H58N3O11P/c1-2-3-4-5-6-7-8-9-10-11-12-13-16-19-29(40)45-25-28(39)34-21-17-14-15-18-23-44-31-30(47-48(42)43)26(24-37)46-32(31)36-22-20-27(38)35-33(36)41/h20,22,26,30-32,37,48H,2-19,21,23-25H2,1H3,(H,34,39)(H,42,43)(H,35,38,41)/t26-,30?,31?,32-/m1/s1. The Morgan fingerprint density at radius 2 is 1.52 bits per heavy atom. The molecular formula is C33H58N3O11P. The number of aliphatic hydroxyl groups is 1. The molecule has 1 aromatic heterocycles. The second-order valence-corrected chi connectivity index (χ2v) is 13.1. The highest BCUT2D eigenvalue weighted by molar-refractivity contribution is 7.32. The Hall–Kier alpha value is -2.35. The molecule has 15 heteroatoms. The zero-order chi connectivity index (χ0) is 35.0. The van der Waals surface area contributed by atoms with E-state index in [4.69, 9.17) is 18.7 Å². The van der Waals surface area contributed by atoms with Crippen molar-refractivity contribution in [3.8, 4) is 0 Å². The first-order valence-electron chi connectivity index (χ1n) is 17.8. The number of nitrogens with one attached hydrogen (secondary N) is 2. The molecule has 1 aliphatic rings. The summed E-state index contributed by atoms with van der Waals surface area (Å²) in [6.07, 6.45) is 16.1. The van der Waals surface area contributed by atoms with Crippen molar-refractivity contribution in [3.05, 3.63) is 33.1 Å². The Balaban J connectivity index is 1.52. The Labute approximate surface area is 284 Å². The molecule has 0 radical (unpaired) electrons. The van der Waals surface area contributed by atoms with Gasteiger partial charge in [-0.05, 0) is 19.3 Å². The fraction of sp³-hybridized carbons (Fsp3) is 0.818. The van der Waals surface area contributed by atoms with E-state index in [1.165, 1.54) is 70.4 Å². The van der Waals surface area contributed by atoms with Crippen LogP contribution in [0.2, 0.25) is 0 Å². The number of hydrogen-bond acceptors (Lipinski definition) is 10. The molecule has 1 saturated heterocycles. The molecule has 1 aliphatic heterocycles. The summed E-state index contributed by atoms with van der Waals surface area (Å²) in [6.45, 7) is 2.05. The maximum absolute atomic E-state index is 12.3. The summed E-state index contributed by atoms with van der Waals surface area (Å²) in [6, 6.07) is 1.13. The molecule has 0 aliphatic carbocycles. The maximum atomic E-state index is 12.3. The van der Waals surface area contributed by atoms with Gasteiger partial charge < -0.3 is 34.1 Å². The maximum Gasteiger partial charge on any atom is 0.330 e. The monoisotopic (exact) mass is 703 g/mol. The van der Waals surface area contributed by atoms with E-state index < -0.39 is 50.7 Å². The summed E-state index contributed by atoms with van der Waals surface area (Å²) < 4.78 is 34.3. The lowest BCUT2D eigenvalue weighted by molar-refractivity contribution is -0.148. The lowest BCUT2D eigenvalue weighted by Gasteiger charge is -2.24. The van der Waals surface area contributed by atoms with Crippen molar-refractivity contribution in [3.63, 3.8) is 0 Å². The Bertz CT molecular complexity index is 1180. The number of nitrogens with zero attached hydrogens (tertiary/aromatic N) is 1. The Morgan fingerprint density at radius 1 is 0.917 bits per heavy atom. The Morgan fingerprint density at radius 3 is 2.12 bits per heavy atom. The second-order valence-electron chi connectivity index (χ2n) is 12.4. The van der Waals surface area contributed by atoms with E-state index >= 15 is 0 Å². The fourth-order valence-electron chi connectivity index (χ4n) is 5.73. The van der Waals surface area contributed by atoms with Gasteiger partial charge in [0.15, 0.2) is 12.8 Å². The van der Waals surface area contributed by atoms with Gasteiger partial charge in [-0.1, -0.05) is 96.8 Å². The van der Waals surface area contributed by atoms with Crippen LogP contribution in [-0.2, 0) is 32.9 Å². The first kappa shape index (κ1) is 41.8. The van der Waals surface area contributed by atoms with E-state index in [1.807, 2.05) is 0 Å². The molecule has 3 unspecified atom stereocenters. The van der Waals surface area contributed by atoms with Crippen molar-refractivity contribution < 1.29 is 42.9 Å². The average molecular weight is 704 g/mol. The third-order valence-electron chi connectivity index (χ3n) is 8.38. The number of aromatic amines is 1. The van der Waals surface area contributed by atoms with Crippen molar-refractivity contribution in [2.24, 2.45) is 0 Å². The fourth-order valence-corrected chi connectivity index (χ4v) is 6.25. The molecule has 14 nitrogen and oxygen atoms in total. The number of esters is 1. The Kier molecular flexibility index (Phi) is 22.3. The molecule has 0 aromatic carbocycles. The normalized spacial score (nSPS) is 19.7. The van der Waals surface area contributed by atoms with E-state index in [1.54, 1.807) is 0 Å². The smallest absolute Gasteiger partial charge is 0.330 e. The predicted molar refractivity (Wildman–Crippen MR) is 181 cm³/mol. The number of hydrogen-bond donors (Lipinski definition) is 4. The van der Waals surface area contributed by atoms with Crippen LogP contribution in [0.1, 0.15) is 129 Å². The third-order valence-corrected chi connectivity index (χ3v) is 8.85. The van der Waals surface area contributed by atoms with E-state index in [-0.39, 0.29) is 25.1 Å². The summed E-state index contributed by atoms with van der Waals surface area (Å²) >= 11 is 0. The summed E-state index contributed by atoms with van der Waals surface area (Å²) in [4.78, 5) is 59.3. The second kappa shape index (κ2) is 25.6. The van der Waals surface area contributed by atoms with Crippen LogP contribution in [0.3, 0.4) is 0 Å². The van der Waals surface area contributed by atoms with Gasteiger partial charge in [-0.3, -0.25) is 28.5 Å². The number of H-pyrrole nitrogens is 1. The summed E-state index contributed by atoms with van der Waals surface area (Å²) in [5.41, 5.74) is -1.36. The van der Waals surface area contributed by atoms with E-state index in [9.17, 15) is 33.7 Å². The quantitative estimate of drug-likeness (QED) is 0.0553. The van der Waals surface area contributed by atoms with Gasteiger partial charge in [-0.15, -0.1) is 0 Å². The number of carbonyl (C=O) groups is 2. The molecule has 48 heavy (non-hydrogen) atoms. The van der Waals surface area contributed by atoms with Gasteiger partial charge in [-0.2, -0.15) is 0 Å². The minimum Gasteiger partial charge on any atom is -0.456 e. The number of unbranched alkanes of at least 4 members (excludes halogenated alkanes) is 15. The minimum atomic E-state index is -3.42. The van der Waals surface area contributed by atoms with Gasteiger partial charge in [0.25, 0.3) is 11.5 Å². The summed E-state index contributed by atoms with van der Waals surface area (Å²) in [5, 5.41) is 12.5. The molecule has 0 bridgehead atoms. The zero-order valence-electron chi connectivity index (χ0n) is 28.5. The van der Waals surface area contributed by atoms with Crippen LogP contribution in [0, 0.1) is 0 Å². The van der Waals surface area contributed by atoms with E-state index in [0.717, 1.165) is 42.7 Å². The van der Waals surface area contributed by atoms with Gasteiger partial charge >= 0.3 is 19.9 Å². The van der Waals surface area contributed by atoms with Gasteiger partial charge in [0.2, 0.25) is 0 Å². The topological polar surface area (TPSA) is 195 Å². The number of aliphatic hydroxyl groups excluding tert-OH is 1. The first-order chi connectivity index (χ1) is 23.3. The highest BCUT2D eigenvalue weighted by Gasteiger charge is 2.48. The first-order valence-corrected chi connectivity index (χ1v) is 19.0. The number of rotatable bonds is 28. The number of aromatic nitrogens is 2. The number of carbonyl (C=O) groups excluding carboxylic acids is 2. The molecule has 1 amide bonds. The van der Waals surface area contributed by atoms with Crippen molar-refractivity contribution >= 4 is 20.1 Å². The SMILES string of the molecule is CCCCCCCCCCCCCCCC(=O)OCC(=O)NCCCCCCOC1C(O[PH](=O)O)[C@@H](CO)O[C@H]1n1ccc(=O)[nH]c1=O. The van der Waals surface area contributed by atoms with Gasteiger partial charge in [0, 0.05) is 31.8 Å². The zero-order valence-corrected chi connectivity index (χ0v) is 29.5. The molecule has 276 valence electrons. The molecule has 2 rings (SSSR count). The summed E-state index contributed by atoms with van der Waals surface area (Å²) in [7, 11) is -3.42. The van der Waals surface area contributed by atoms with E-state index in [2.05, 4.69) is 17.2 Å². The van der Waals surface area contributed by atoms with Crippen molar-refractivity contribution in [2.75, 3.05) is 26.4 Å². The highest BCUT2D eigenvalue weighted by atomic mass is 31.1. The molecular weight excluding hydrogens is 645 g/mol. The summed E-state index contributed by atoms with van der Waals surface area (Å²) in [5.74, 6) is -0.688. The lowest BCUT2D eigenvalue weighted by Crippen LogP contribution is -2.40. The molecule has 5 atom stereocenters. The van der Waals surface area contributed by atoms with E-state index in [0.29, 0.717) is 25.8 Å². The average Bonchev–Trinajstić information content (AvgIpc) is 3.39. The molecule has 4 N–H and O–H groups in total. The van der Waals surface area contributed by atoms with Crippen LogP contribution in [0.5, 0.6) is 0 Å². The van der Waals surface area contributed by atoms with Crippen LogP contribution >= 0.6 is 8.25 Å². The molecule has 0 spiro atoms. The largest absolute Gasteiger partial charge is 0.456 e.